The summed E-state index contributed by atoms with van der Waals surface area (Å²) in [7, 11) is 2.20. The lowest BCUT2D eigenvalue weighted by atomic mass is 9.91. The third kappa shape index (κ3) is 8.27. The van der Waals surface area contributed by atoms with Gasteiger partial charge in [-0.2, -0.15) is 0 Å². The zero-order chi connectivity index (χ0) is 28.4. The van der Waals surface area contributed by atoms with Crippen molar-refractivity contribution in [3.8, 4) is 5.75 Å². The predicted molar refractivity (Wildman–Crippen MR) is 163 cm³/mol. The number of aryl methyl sites for hydroxylation is 1. The van der Waals surface area contributed by atoms with Crippen molar-refractivity contribution in [3.05, 3.63) is 83.7 Å². The number of piperazine rings is 1. The second-order valence-corrected chi connectivity index (χ2v) is 11.4. The molecular weight excluding hydrogens is 512 g/mol. The molecule has 2 aliphatic heterocycles. The third-order valence-corrected chi connectivity index (χ3v) is 8.30. The van der Waals surface area contributed by atoms with Crippen molar-refractivity contribution in [2.75, 3.05) is 70.9 Å². The smallest absolute Gasteiger partial charge is 0.236 e. The first kappa shape index (κ1) is 29.0. The monoisotopic (exact) mass is 556 g/mol. The fourth-order valence-electron chi connectivity index (χ4n) is 5.93. The van der Waals surface area contributed by atoms with Crippen molar-refractivity contribution in [1.82, 2.24) is 24.7 Å². The number of ether oxygens (including phenoxy) is 1. The highest BCUT2D eigenvalue weighted by atomic mass is 16.5. The van der Waals surface area contributed by atoms with Crippen LogP contribution in [0.5, 0.6) is 5.75 Å². The fourth-order valence-corrected chi connectivity index (χ4v) is 5.93. The van der Waals surface area contributed by atoms with Crippen LogP contribution in [0.25, 0.3) is 0 Å². The van der Waals surface area contributed by atoms with Gasteiger partial charge < -0.3 is 19.4 Å². The first-order valence-corrected chi connectivity index (χ1v) is 15.0. The van der Waals surface area contributed by atoms with Gasteiger partial charge in [0, 0.05) is 57.2 Å². The summed E-state index contributed by atoms with van der Waals surface area (Å²) in [4.78, 5) is 31.3. The van der Waals surface area contributed by atoms with Crippen molar-refractivity contribution in [3.63, 3.8) is 0 Å². The quantitative estimate of drug-likeness (QED) is 0.477. The molecule has 41 heavy (non-hydrogen) atoms. The van der Waals surface area contributed by atoms with Gasteiger partial charge in [-0.3, -0.25) is 9.69 Å². The number of fused-ring (bicyclic) bond motifs is 1. The van der Waals surface area contributed by atoms with Gasteiger partial charge in [-0.25, -0.2) is 9.97 Å². The van der Waals surface area contributed by atoms with Crippen molar-refractivity contribution in [2.24, 2.45) is 0 Å². The van der Waals surface area contributed by atoms with Gasteiger partial charge in [0.15, 0.2) is 0 Å². The minimum Gasteiger partial charge on any atom is -0.491 e. The van der Waals surface area contributed by atoms with Gasteiger partial charge in [0.05, 0.1) is 13.1 Å². The molecule has 1 atom stereocenters. The van der Waals surface area contributed by atoms with Gasteiger partial charge >= 0.3 is 0 Å². The predicted octanol–water partition coefficient (Wildman–Crippen LogP) is 4.21. The Morgan fingerprint density at radius 3 is 2.46 bits per heavy atom. The molecule has 1 fully saturated rings. The second kappa shape index (κ2) is 14.4. The highest BCUT2D eigenvalue weighted by Gasteiger charge is 2.24. The minimum atomic E-state index is 0.185. The van der Waals surface area contributed by atoms with Gasteiger partial charge in [0.2, 0.25) is 11.9 Å². The van der Waals surface area contributed by atoms with E-state index in [1.807, 2.05) is 11.0 Å². The van der Waals surface area contributed by atoms with E-state index in [4.69, 9.17) is 4.74 Å². The molecule has 1 unspecified atom stereocenters. The largest absolute Gasteiger partial charge is 0.491 e. The molecule has 5 rings (SSSR count). The molecule has 0 aliphatic carbocycles. The number of nitrogens with zero attached hydrogens (tertiary/aromatic N) is 6. The molecule has 8 heteroatoms. The average molecular weight is 557 g/mol. The maximum atomic E-state index is 13.6. The minimum absolute atomic E-state index is 0.185. The summed E-state index contributed by atoms with van der Waals surface area (Å²) < 4.78 is 6.30. The van der Waals surface area contributed by atoms with Crippen LogP contribution in [0.4, 0.5) is 5.95 Å². The van der Waals surface area contributed by atoms with Crippen LogP contribution in [0.2, 0.25) is 0 Å². The molecule has 0 bridgehead atoms. The second-order valence-electron chi connectivity index (χ2n) is 11.4. The van der Waals surface area contributed by atoms with Gasteiger partial charge in [-0.05, 0) is 63.4 Å². The zero-order valence-corrected chi connectivity index (χ0v) is 24.6. The number of carbonyl (C=O) groups is 1. The Morgan fingerprint density at radius 2 is 1.68 bits per heavy atom. The molecule has 1 amide bonds. The number of carbonyl (C=O) groups excluding carboxylic acids is 1. The van der Waals surface area contributed by atoms with Crippen molar-refractivity contribution in [1.29, 1.82) is 0 Å². The van der Waals surface area contributed by atoms with Gasteiger partial charge in [-0.15, -0.1) is 0 Å². The van der Waals surface area contributed by atoms with E-state index in [0.29, 0.717) is 25.6 Å². The molecular formula is C33H44N6O2. The number of benzene rings is 2. The van der Waals surface area contributed by atoms with E-state index in [1.165, 1.54) is 16.7 Å². The lowest BCUT2D eigenvalue weighted by Crippen LogP contribution is -2.51. The average Bonchev–Trinajstić information content (AvgIpc) is 3.00. The van der Waals surface area contributed by atoms with E-state index in [0.717, 1.165) is 76.8 Å². The van der Waals surface area contributed by atoms with Crippen LogP contribution in [-0.2, 0) is 11.3 Å². The van der Waals surface area contributed by atoms with Crippen molar-refractivity contribution < 1.29 is 9.53 Å². The lowest BCUT2D eigenvalue weighted by molar-refractivity contribution is -0.133. The number of hydrogen-bond acceptors (Lipinski definition) is 7. The molecule has 1 aromatic heterocycles. The van der Waals surface area contributed by atoms with Gasteiger partial charge in [0.25, 0.3) is 0 Å². The van der Waals surface area contributed by atoms with E-state index in [-0.39, 0.29) is 5.91 Å². The fraction of sp³-hybridized carbons (Fsp3) is 0.485. The Kier molecular flexibility index (Phi) is 10.2. The molecule has 0 radical (unpaired) electrons. The van der Waals surface area contributed by atoms with E-state index < -0.39 is 0 Å². The van der Waals surface area contributed by atoms with Crippen molar-refractivity contribution in [2.45, 2.75) is 38.6 Å². The highest BCUT2D eigenvalue weighted by Crippen LogP contribution is 2.27. The summed E-state index contributed by atoms with van der Waals surface area (Å²) in [6.45, 7) is 9.55. The Bertz CT molecular complexity index is 1230. The Labute approximate surface area is 244 Å². The summed E-state index contributed by atoms with van der Waals surface area (Å²) in [5.41, 5.74) is 3.84. The Hall–Kier alpha value is -3.49. The van der Waals surface area contributed by atoms with Crippen LogP contribution in [0.15, 0.2) is 67.0 Å². The summed E-state index contributed by atoms with van der Waals surface area (Å²) in [6, 6.07) is 19.1. The third-order valence-electron chi connectivity index (χ3n) is 8.30. The molecule has 2 aromatic carbocycles. The van der Waals surface area contributed by atoms with Gasteiger partial charge in [-0.1, -0.05) is 48.0 Å². The molecule has 0 N–H and O–H groups in total. The maximum Gasteiger partial charge on any atom is 0.236 e. The molecule has 0 saturated carbocycles. The van der Waals surface area contributed by atoms with Crippen molar-refractivity contribution >= 4 is 11.9 Å². The van der Waals surface area contributed by atoms with Crippen LogP contribution in [0, 0.1) is 6.92 Å². The molecule has 0 spiro atoms. The van der Waals surface area contributed by atoms with Gasteiger partial charge in [0.1, 0.15) is 12.4 Å². The Morgan fingerprint density at radius 1 is 0.902 bits per heavy atom. The van der Waals surface area contributed by atoms with Crippen LogP contribution < -0.4 is 9.64 Å². The van der Waals surface area contributed by atoms with Crippen LogP contribution in [-0.4, -0.2) is 96.6 Å². The molecule has 218 valence electrons. The van der Waals surface area contributed by atoms with Crippen LogP contribution in [0.1, 0.15) is 41.9 Å². The topological polar surface area (TPSA) is 65.0 Å². The maximum absolute atomic E-state index is 13.6. The van der Waals surface area contributed by atoms with Crippen LogP contribution in [0.3, 0.4) is 0 Å². The van der Waals surface area contributed by atoms with E-state index >= 15 is 0 Å². The molecule has 1 saturated heterocycles. The van der Waals surface area contributed by atoms with E-state index in [9.17, 15) is 4.79 Å². The standard InChI is InChI=1S/C33H44N6O2/c1-27-11-12-31-30(24-27)25-36(2)17-13-29(28-8-4-3-5-9-28)10-6-16-38(22-23-41-31)32(40)26-37-18-20-39(21-19-37)33-34-14-7-15-35-33/h3-5,7-9,11-12,14-15,24,29H,6,10,13,16-23,25-26H2,1-2H3. The SMILES string of the molecule is Cc1ccc2c(c1)CN(C)CCC(c1ccccc1)CCCN(C(=O)CN1CCN(c3ncccn3)CC1)CCO2. The first-order chi connectivity index (χ1) is 20.0. The summed E-state index contributed by atoms with van der Waals surface area (Å²) >= 11 is 0. The van der Waals surface area contributed by atoms with E-state index in [2.05, 4.69) is 87.2 Å². The molecule has 3 aromatic rings. The number of hydrogen-bond donors (Lipinski definition) is 0. The number of amides is 1. The summed E-state index contributed by atoms with van der Waals surface area (Å²) in [5.74, 6) is 2.34. The summed E-state index contributed by atoms with van der Waals surface area (Å²) in [5, 5.41) is 0. The van der Waals surface area contributed by atoms with Crippen LogP contribution >= 0.6 is 0 Å². The lowest BCUT2D eigenvalue weighted by Gasteiger charge is -2.35. The number of anilines is 1. The number of aromatic nitrogens is 2. The molecule has 8 nitrogen and oxygen atoms in total. The van der Waals surface area contributed by atoms with E-state index in [1.54, 1.807) is 12.4 Å². The molecule has 3 heterocycles. The Balaban J connectivity index is 1.25. The first-order valence-electron chi connectivity index (χ1n) is 15.0. The summed E-state index contributed by atoms with van der Waals surface area (Å²) in [6.07, 6.45) is 6.69. The number of rotatable bonds is 4. The molecule has 2 aliphatic rings. The zero-order valence-electron chi connectivity index (χ0n) is 24.6. The normalized spacial score (nSPS) is 20.1. The highest BCUT2D eigenvalue weighted by molar-refractivity contribution is 5.78.